The molecule has 1 aromatic heterocycles. The number of aromatic amines is 1. The molecule has 0 aliphatic carbocycles. The van der Waals surface area contributed by atoms with E-state index in [0.29, 0.717) is 18.0 Å². The number of sulfonamides is 1. The average Bonchev–Trinajstić information content (AvgIpc) is 3.22. The molecule has 0 unspecified atom stereocenters. The average molecular weight is 341 g/mol. The molecule has 3 aromatic rings. The number of fused-ring (bicyclic) bond motifs is 1. The zero-order valence-electron chi connectivity index (χ0n) is 13.4. The van der Waals surface area contributed by atoms with E-state index >= 15 is 0 Å². The van der Waals surface area contributed by atoms with Crippen LogP contribution in [0.5, 0.6) is 0 Å². The monoisotopic (exact) mass is 341 g/mol. The summed E-state index contributed by atoms with van der Waals surface area (Å²) in [5, 5.41) is 0. The van der Waals surface area contributed by atoms with Crippen LogP contribution in [0.3, 0.4) is 0 Å². The Hall–Kier alpha value is -2.18. The van der Waals surface area contributed by atoms with Crippen molar-refractivity contribution in [2.24, 2.45) is 0 Å². The molecule has 1 aliphatic heterocycles. The number of aromatic nitrogens is 2. The van der Waals surface area contributed by atoms with E-state index in [2.05, 4.69) is 9.97 Å². The van der Waals surface area contributed by atoms with Crippen molar-refractivity contribution in [3.63, 3.8) is 0 Å². The van der Waals surface area contributed by atoms with Gasteiger partial charge in [0, 0.05) is 19.0 Å². The Morgan fingerprint density at radius 2 is 1.88 bits per heavy atom. The summed E-state index contributed by atoms with van der Waals surface area (Å²) in [4.78, 5) is 8.30. The van der Waals surface area contributed by atoms with Gasteiger partial charge in [-0.15, -0.1) is 0 Å². The SMILES string of the molecule is Cc1ccc(S(=O)(=O)N2CC[C@H](c3nc4ccccc4[nH]3)C2)cc1. The highest BCUT2D eigenvalue weighted by atomic mass is 32.2. The van der Waals surface area contributed by atoms with Gasteiger partial charge < -0.3 is 4.98 Å². The van der Waals surface area contributed by atoms with Crippen molar-refractivity contribution in [1.82, 2.24) is 14.3 Å². The molecule has 0 amide bonds. The van der Waals surface area contributed by atoms with E-state index in [1.807, 2.05) is 43.3 Å². The topological polar surface area (TPSA) is 66.1 Å². The Bertz CT molecular complexity index is 944. The summed E-state index contributed by atoms with van der Waals surface area (Å²) in [5.41, 5.74) is 2.97. The Labute approximate surface area is 141 Å². The highest BCUT2D eigenvalue weighted by Gasteiger charge is 2.34. The Kier molecular flexibility index (Phi) is 3.66. The number of hydrogen-bond acceptors (Lipinski definition) is 3. The van der Waals surface area contributed by atoms with Crippen molar-refractivity contribution < 1.29 is 8.42 Å². The lowest BCUT2D eigenvalue weighted by Gasteiger charge is -2.16. The van der Waals surface area contributed by atoms with Crippen LogP contribution in [0.4, 0.5) is 0 Å². The van der Waals surface area contributed by atoms with Gasteiger partial charge in [0.25, 0.3) is 0 Å². The Morgan fingerprint density at radius 3 is 2.62 bits per heavy atom. The molecule has 0 bridgehead atoms. The highest BCUT2D eigenvalue weighted by molar-refractivity contribution is 7.89. The fraction of sp³-hybridized carbons (Fsp3) is 0.278. The first-order valence-electron chi connectivity index (χ1n) is 8.05. The first-order valence-corrected chi connectivity index (χ1v) is 9.49. The van der Waals surface area contributed by atoms with Gasteiger partial charge in [-0.1, -0.05) is 29.8 Å². The molecular weight excluding hydrogens is 322 g/mol. The maximum absolute atomic E-state index is 12.8. The third kappa shape index (κ3) is 2.61. The fourth-order valence-electron chi connectivity index (χ4n) is 3.19. The summed E-state index contributed by atoms with van der Waals surface area (Å²) >= 11 is 0. The Morgan fingerprint density at radius 1 is 1.12 bits per heavy atom. The third-order valence-corrected chi connectivity index (χ3v) is 6.48. The van der Waals surface area contributed by atoms with Crippen molar-refractivity contribution in [2.75, 3.05) is 13.1 Å². The molecule has 5 nitrogen and oxygen atoms in total. The number of H-pyrrole nitrogens is 1. The molecule has 6 heteroatoms. The van der Waals surface area contributed by atoms with Gasteiger partial charge in [-0.25, -0.2) is 13.4 Å². The second-order valence-electron chi connectivity index (χ2n) is 6.30. The lowest BCUT2D eigenvalue weighted by atomic mass is 10.1. The molecule has 4 rings (SSSR count). The minimum Gasteiger partial charge on any atom is -0.342 e. The van der Waals surface area contributed by atoms with Crippen LogP contribution < -0.4 is 0 Å². The van der Waals surface area contributed by atoms with E-state index < -0.39 is 10.0 Å². The number of imidazole rings is 1. The van der Waals surface area contributed by atoms with Gasteiger partial charge in [0.1, 0.15) is 5.82 Å². The number of hydrogen-bond donors (Lipinski definition) is 1. The van der Waals surface area contributed by atoms with Crippen molar-refractivity contribution in [3.05, 3.63) is 59.9 Å². The lowest BCUT2D eigenvalue weighted by Crippen LogP contribution is -2.28. The number of rotatable bonds is 3. The number of para-hydroxylation sites is 2. The maximum atomic E-state index is 12.8. The van der Waals surface area contributed by atoms with Gasteiger partial charge in [-0.3, -0.25) is 0 Å². The van der Waals surface area contributed by atoms with Crippen LogP contribution in [-0.4, -0.2) is 35.8 Å². The molecule has 1 fully saturated rings. The van der Waals surface area contributed by atoms with Gasteiger partial charge in [0.05, 0.1) is 15.9 Å². The molecule has 1 N–H and O–H groups in total. The van der Waals surface area contributed by atoms with Crippen LogP contribution in [-0.2, 0) is 10.0 Å². The van der Waals surface area contributed by atoms with Crippen molar-refractivity contribution in [2.45, 2.75) is 24.2 Å². The van der Waals surface area contributed by atoms with Crippen LogP contribution in [0.25, 0.3) is 11.0 Å². The zero-order chi connectivity index (χ0) is 16.7. The Balaban J connectivity index is 1.58. The van der Waals surface area contributed by atoms with E-state index in [1.54, 1.807) is 16.4 Å². The summed E-state index contributed by atoms with van der Waals surface area (Å²) in [5.74, 6) is 0.982. The zero-order valence-corrected chi connectivity index (χ0v) is 14.3. The first-order chi connectivity index (χ1) is 11.5. The second-order valence-corrected chi connectivity index (χ2v) is 8.24. The summed E-state index contributed by atoms with van der Waals surface area (Å²) < 4.78 is 27.1. The number of nitrogens with zero attached hydrogens (tertiary/aromatic N) is 2. The number of nitrogens with one attached hydrogen (secondary N) is 1. The van der Waals surface area contributed by atoms with Crippen molar-refractivity contribution in [1.29, 1.82) is 0 Å². The highest BCUT2D eigenvalue weighted by Crippen LogP contribution is 2.30. The number of aryl methyl sites for hydroxylation is 1. The predicted octanol–water partition coefficient (Wildman–Crippen LogP) is 3.05. The molecule has 2 heterocycles. The van der Waals surface area contributed by atoms with Crippen LogP contribution in [0.1, 0.15) is 23.7 Å². The minimum absolute atomic E-state index is 0.109. The molecule has 1 saturated heterocycles. The molecule has 124 valence electrons. The molecule has 0 saturated carbocycles. The van der Waals surface area contributed by atoms with Crippen LogP contribution in [0.15, 0.2) is 53.4 Å². The summed E-state index contributed by atoms with van der Waals surface area (Å²) in [6.45, 7) is 2.94. The smallest absolute Gasteiger partial charge is 0.243 e. The summed E-state index contributed by atoms with van der Waals surface area (Å²) in [6.07, 6.45) is 0.783. The van der Waals surface area contributed by atoms with Gasteiger partial charge >= 0.3 is 0 Å². The normalized spacial score (nSPS) is 19.1. The van der Waals surface area contributed by atoms with Crippen LogP contribution in [0, 0.1) is 6.92 Å². The van der Waals surface area contributed by atoms with Gasteiger partial charge in [-0.05, 0) is 37.6 Å². The van der Waals surface area contributed by atoms with Crippen molar-refractivity contribution >= 4 is 21.1 Å². The van der Waals surface area contributed by atoms with E-state index in [0.717, 1.165) is 28.8 Å². The maximum Gasteiger partial charge on any atom is 0.243 e. The van der Waals surface area contributed by atoms with Crippen molar-refractivity contribution in [3.8, 4) is 0 Å². The first kappa shape index (κ1) is 15.4. The molecule has 1 aliphatic rings. The molecular formula is C18H19N3O2S. The van der Waals surface area contributed by atoms with E-state index in [9.17, 15) is 8.42 Å². The molecule has 1 atom stereocenters. The van der Waals surface area contributed by atoms with Gasteiger partial charge in [0.15, 0.2) is 0 Å². The van der Waals surface area contributed by atoms with E-state index in [1.165, 1.54) is 0 Å². The standard InChI is InChI=1S/C18H19N3O2S/c1-13-6-8-15(9-7-13)24(22,23)21-11-10-14(12-21)18-19-16-4-2-3-5-17(16)20-18/h2-9,14H,10-12H2,1H3,(H,19,20)/t14-/m0/s1. The third-order valence-electron chi connectivity index (χ3n) is 4.60. The molecule has 0 radical (unpaired) electrons. The second kappa shape index (κ2) is 5.72. The predicted molar refractivity (Wildman–Crippen MR) is 93.4 cm³/mol. The molecule has 24 heavy (non-hydrogen) atoms. The largest absolute Gasteiger partial charge is 0.342 e. The fourth-order valence-corrected chi connectivity index (χ4v) is 4.70. The minimum atomic E-state index is -3.43. The van der Waals surface area contributed by atoms with Gasteiger partial charge in [-0.2, -0.15) is 4.31 Å². The van der Waals surface area contributed by atoms with Crippen LogP contribution in [0.2, 0.25) is 0 Å². The molecule has 0 spiro atoms. The quantitative estimate of drug-likeness (QED) is 0.796. The lowest BCUT2D eigenvalue weighted by molar-refractivity contribution is 0.471. The van der Waals surface area contributed by atoms with E-state index in [-0.39, 0.29) is 5.92 Å². The summed E-state index contributed by atoms with van der Waals surface area (Å²) in [7, 11) is -3.43. The number of benzene rings is 2. The van der Waals surface area contributed by atoms with E-state index in [4.69, 9.17) is 0 Å². The molecule has 2 aromatic carbocycles. The summed E-state index contributed by atoms with van der Waals surface area (Å²) in [6, 6.07) is 14.9. The van der Waals surface area contributed by atoms with Crippen LogP contribution >= 0.6 is 0 Å². The van der Waals surface area contributed by atoms with Gasteiger partial charge in [0.2, 0.25) is 10.0 Å².